The summed E-state index contributed by atoms with van der Waals surface area (Å²) < 4.78 is 5.38. The second-order valence-corrected chi connectivity index (χ2v) is 3.28. The van der Waals surface area contributed by atoms with Crippen molar-refractivity contribution in [2.45, 2.75) is 13.5 Å². The van der Waals surface area contributed by atoms with Crippen LogP contribution in [0.25, 0.3) is 0 Å². The molecule has 0 radical (unpaired) electrons. The van der Waals surface area contributed by atoms with Crippen LogP contribution in [0.5, 0.6) is 5.75 Å². The summed E-state index contributed by atoms with van der Waals surface area (Å²) in [5.41, 5.74) is 1.90. The smallest absolute Gasteiger partial charge is 0.124 e. The molecule has 14 heavy (non-hydrogen) atoms. The lowest BCUT2D eigenvalue weighted by atomic mass is 10.2. The lowest BCUT2D eigenvalue weighted by Crippen LogP contribution is -2.09. The minimum Gasteiger partial charge on any atom is -0.494 e. The van der Waals surface area contributed by atoms with Crippen LogP contribution in [-0.2, 0) is 6.61 Å². The molecule has 3 heteroatoms. The van der Waals surface area contributed by atoms with E-state index in [0.717, 1.165) is 17.0 Å². The Hall–Kier alpha value is -1.22. The van der Waals surface area contributed by atoms with Crippen LogP contribution in [0.3, 0.4) is 0 Å². The number of aliphatic hydroxyl groups is 1. The maximum atomic E-state index is 9.15. The van der Waals surface area contributed by atoms with Gasteiger partial charge in [-0.3, -0.25) is 0 Å². The van der Waals surface area contributed by atoms with Gasteiger partial charge in [0.15, 0.2) is 0 Å². The summed E-state index contributed by atoms with van der Waals surface area (Å²) in [7, 11) is 3.94. The maximum Gasteiger partial charge on any atom is 0.124 e. The first-order valence-electron chi connectivity index (χ1n) is 4.73. The largest absolute Gasteiger partial charge is 0.494 e. The summed E-state index contributed by atoms with van der Waals surface area (Å²) in [5, 5.41) is 9.15. The maximum absolute atomic E-state index is 9.15. The molecule has 0 fully saturated rings. The molecule has 0 saturated carbocycles. The molecule has 1 aromatic rings. The first-order valence-corrected chi connectivity index (χ1v) is 4.73. The predicted octanol–water partition coefficient (Wildman–Crippen LogP) is 1.64. The molecular weight excluding hydrogens is 178 g/mol. The molecule has 0 spiro atoms. The number of benzene rings is 1. The molecule has 0 aliphatic rings. The van der Waals surface area contributed by atoms with Gasteiger partial charge in [0.2, 0.25) is 0 Å². The van der Waals surface area contributed by atoms with Gasteiger partial charge in [-0.1, -0.05) is 0 Å². The topological polar surface area (TPSA) is 32.7 Å². The minimum absolute atomic E-state index is 0.0109. The van der Waals surface area contributed by atoms with Gasteiger partial charge >= 0.3 is 0 Å². The second-order valence-electron chi connectivity index (χ2n) is 3.28. The van der Waals surface area contributed by atoms with Crippen molar-refractivity contribution in [3.8, 4) is 5.75 Å². The second kappa shape index (κ2) is 4.86. The predicted molar refractivity (Wildman–Crippen MR) is 57.9 cm³/mol. The van der Waals surface area contributed by atoms with Crippen LogP contribution in [0.2, 0.25) is 0 Å². The van der Waals surface area contributed by atoms with Gasteiger partial charge in [-0.15, -0.1) is 0 Å². The van der Waals surface area contributed by atoms with Crippen molar-refractivity contribution < 1.29 is 9.84 Å². The molecule has 0 heterocycles. The van der Waals surface area contributed by atoms with Crippen LogP contribution in [0.15, 0.2) is 18.2 Å². The summed E-state index contributed by atoms with van der Waals surface area (Å²) in [4.78, 5) is 1.99. The molecule has 0 unspecified atom stereocenters. The highest BCUT2D eigenvalue weighted by Crippen LogP contribution is 2.24. The number of rotatable bonds is 4. The third-order valence-electron chi connectivity index (χ3n) is 2.03. The monoisotopic (exact) mass is 195 g/mol. The van der Waals surface area contributed by atoms with E-state index in [1.165, 1.54) is 0 Å². The Morgan fingerprint density at radius 1 is 1.36 bits per heavy atom. The van der Waals surface area contributed by atoms with Gasteiger partial charge in [0.05, 0.1) is 13.2 Å². The van der Waals surface area contributed by atoms with Crippen LogP contribution < -0.4 is 9.64 Å². The van der Waals surface area contributed by atoms with Crippen LogP contribution >= 0.6 is 0 Å². The SMILES string of the molecule is CCOc1ccc(N(C)C)cc1CO. The highest BCUT2D eigenvalue weighted by atomic mass is 16.5. The summed E-state index contributed by atoms with van der Waals surface area (Å²) >= 11 is 0. The quantitative estimate of drug-likeness (QED) is 0.792. The van der Waals surface area contributed by atoms with Gasteiger partial charge in [-0.05, 0) is 25.1 Å². The average molecular weight is 195 g/mol. The van der Waals surface area contributed by atoms with E-state index < -0.39 is 0 Å². The number of nitrogens with zero attached hydrogens (tertiary/aromatic N) is 1. The first-order chi connectivity index (χ1) is 6.69. The van der Waals surface area contributed by atoms with Gasteiger partial charge in [0.1, 0.15) is 5.75 Å². The highest BCUT2D eigenvalue weighted by molar-refractivity contribution is 5.52. The lowest BCUT2D eigenvalue weighted by molar-refractivity contribution is 0.267. The third kappa shape index (κ3) is 2.39. The van der Waals surface area contributed by atoms with Gasteiger partial charge in [-0.25, -0.2) is 0 Å². The zero-order valence-corrected chi connectivity index (χ0v) is 8.95. The van der Waals surface area contributed by atoms with E-state index in [4.69, 9.17) is 9.84 Å². The molecule has 0 aliphatic heterocycles. The Morgan fingerprint density at radius 2 is 2.07 bits per heavy atom. The first kappa shape index (κ1) is 10.9. The molecule has 78 valence electrons. The van der Waals surface area contributed by atoms with Crippen molar-refractivity contribution in [3.05, 3.63) is 23.8 Å². The number of hydrogen-bond donors (Lipinski definition) is 1. The Kier molecular flexibility index (Phi) is 3.77. The molecule has 1 N–H and O–H groups in total. The van der Waals surface area contributed by atoms with Crippen molar-refractivity contribution in [2.75, 3.05) is 25.6 Å². The lowest BCUT2D eigenvalue weighted by Gasteiger charge is -2.15. The van der Waals surface area contributed by atoms with Crippen molar-refractivity contribution in [3.63, 3.8) is 0 Å². The zero-order chi connectivity index (χ0) is 10.6. The number of aliphatic hydroxyl groups excluding tert-OH is 1. The summed E-state index contributed by atoms with van der Waals surface area (Å²) in [5.74, 6) is 0.764. The van der Waals surface area contributed by atoms with Gasteiger partial charge in [-0.2, -0.15) is 0 Å². The van der Waals surface area contributed by atoms with Crippen LogP contribution in [0.4, 0.5) is 5.69 Å². The zero-order valence-electron chi connectivity index (χ0n) is 8.95. The number of anilines is 1. The standard InChI is InChI=1S/C11H17NO2/c1-4-14-11-6-5-10(12(2)3)7-9(11)8-13/h5-7,13H,4,8H2,1-3H3. The Labute approximate surface area is 84.9 Å². The fourth-order valence-electron chi connectivity index (χ4n) is 1.26. The van der Waals surface area contributed by atoms with Gasteiger partial charge in [0, 0.05) is 25.3 Å². The van der Waals surface area contributed by atoms with E-state index in [1.54, 1.807) is 0 Å². The summed E-state index contributed by atoms with van der Waals surface area (Å²) in [6.45, 7) is 2.56. The van der Waals surface area contributed by atoms with Crippen LogP contribution in [0.1, 0.15) is 12.5 Å². The van der Waals surface area contributed by atoms with E-state index in [1.807, 2.05) is 44.1 Å². The molecule has 0 aromatic heterocycles. The Bertz CT molecular complexity index is 297. The van der Waals surface area contributed by atoms with Crippen molar-refractivity contribution >= 4 is 5.69 Å². The van der Waals surface area contributed by atoms with Gasteiger partial charge < -0.3 is 14.7 Å². The third-order valence-corrected chi connectivity index (χ3v) is 2.03. The fourth-order valence-corrected chi connectivity index (χ4v) is 1.26. The van der Waals surface area contributed by atoms with E-state index in [9.17, 15) is 0 Å². The molecular formula is C11H17NO2. The van der Waals surface area contributed by atoms with Crippen molar-refractivity contribution in [1.29, 1.82) is 0 Å². The van der Waals surface area contributed by atoms with Crippen LogP contribution in [0, 0.1) is 0 Å². The normalized spacial score (nSPS) is 10.0. The average Bonchev–Trinajstić information content (AvgIpc) is 2.18. The minimum atomic E-state index is 0.0109. The molecule has 0 aliphatic carbocycles. The van der Waals surface area contributed by atoms with E-state index in [2.05, 4.69) is 0 Å². The summed E-state index contributed by atoms with van der Waals surface area (Å²) in [6.07, 6.45) is 0. The molecule has 3 nitrogen and oxygen atoms in total. The Morgan fingerprint density at radius 3 is 2.57 bits per heavy atom. The molecule has 0 saturated heterocycles. The van der Waals surface area contributed by atoms with Crippen LogP contribution in [-0.4, -0.2) is 25.8 Å². The van der Waals surface area contributed by atoms with Crippen molar-refractivity contribution in [1.82, 2.24) is 0 Å². The van der Waals surface area contributed by atoms with Gasteiger partial charge in [0.25, 0.3) is 0 Å². The highest BCUT2D eigenvalue weighted by Gasteiger charge is 2.04. The van der Waals surface area contributed by atoms with E-state index >= 15 is 0 Å². The molecule has 0 amide bonds. The van der Waals surface area contributed by atoms with Crippen molar-refractivity contribution in [2.24, 2.45) is 0 Å². The number of ether oxygens (including phenoxy) is 1. The molecule has 1 aromatic carbocycles. The molecule has 0 bridgehead atoms. The fraction of sp³-hybridized carbons (Fsp3) is 0.455. The molecule has 0 atom stereocenters. The number of hydrogen-bond acceptors (Lipinski definition) is 3. The summed E-state index contributed by atoms with van der Waals surface area (Å²) in [6, 6.07) is 5.81. The van der Waals surface area contributed by atoms with E-state index in [0.29, 0.717) is 6.61 Å². The Balaban J connectivity index is 2.98. The molecule has 1 rings (SSSR count). The van der Waals surface area contributed by atoms with E-state index in [-0.39, 0.29) is 6.61 Å².